The zero-order chi connectivity index (χ0) is 24.6. The second-order valence-corrected chi connectivity index (χ2v) is 9.75. The van der Waals surface area contributed by atoms with Crippen molar-refractivity contribution in [1.29, 1.82) is 0 Å². The molecule has 2 heterocycles. The third kappa shape index (κ3) is 2.80. The Morgan fingerprint density at radius 1 is 0.714 bits per heavy atom. The molecule has 35 heavy (non-hydrogen) atoms. The lowest BCUT2D eigenvalue weighted by Crippen LogP contribution is -2.51. The molecule has 0 unspecified atom stereocenters. The number of nitrogens with zero attached hydrogens (tertiary/aromatic N) is 1. The van der Waals surface area contributed by atoms with Gasteiger partial charge in [-0.15, -0.1) is 0 Å². The molecule has 2 amide bonds. The lowest BCUT2D eigenvalue weighted by molar-refractivity contribution is -0.127. The zero-order valence-electron chi connectivity index (χ0n) is 19.6. The minimum Gasteiger partial charge on any atom is -0.349 e. The van der Waals surface area contributed by atoms with E-state index in [-0.39, 0.29) is 11.1 Å². The molecule has 0 N–H and O–H groups in total. The van der Waals surface area contributed by atoms with Gasteiger partial charge < -0.3 is 4.74 Å². The fourth-order valence-electron chi connectivity index (χ4n) is 5.91. The van der Waals surface area contributed by atoms with Crippen molar-refractivity contribution in [2.24, 2.45) is 11.8 Å². The fourth-order valence-corrected chi connectivity index (χ4v) is 5.91. The Labute approximate surface area is 202 Å². The van der Waals surface area contributed by atoms with Crippen molar-refractivity contribution in [3.05, 3.63) is 100 Å². The zero-order valence-corrected chi connectivity index (χ0v) is 19.6. The highest BCUT2D eigenvalue weighted by molar-refractivity contribution is 6.37. The van der Waals surface area contributed by atoms with Crippen LogP contribution in [0.2, 0.25) is 0 Å². The molecule has 6 nitrogen and oxygen atoms in total. The van der Waals surface area contributed by atoms with Gasteiger partial charge in [-0.2, -0.15) is 0 Å². The summed E-state index contributed by atoms with van der Waals surface area (Å²) >= 11 is 0. The summed E-state index contributed by atoms with van der Waals surface area (Å²) < 4.78 is 6.31. The number of aryl methyl sites for hydroxylation is 3. The molecule has 6 heteroatoms. The molecule has 2 aliphatic heterocycles. The summed E-state index contributed by atoms with van der Waals surface area (Å²) in [7, 11) is 0. The number of Topliss-reactive ketones (excluding diaryl/α,β-unsaturated/α-hetero) is 2. The van der Waals surface area contributed by atoms with Crippen molar-refractivity contribution in [1.82, 2.24) is 0 Å². The van der Waals surface area contributed by atoms with E-state index < -0.39 is 46.9 Å². The van der Waals surface area contributed by atoms with Crippen LogP contribution in [0.15, 0.2) is 66.7 Å². The number of carbonyl (C=O) groups is 4. The summed E-state index contributed by atoms with van der Waals surface area (Å²) in [4.78, 5) is 56.6. The number of hydrogen-bond donors (Lipinski definition) is 0. The molecule has 0 bridgehead atoms. The molecule has 3 aromatic rings. The smallest absolute Gasteiger partial charge is 0.241 e. The minimum absolute atomic E-state index is 0.228. The Kier molecular flexibility index (Phi) is 4.51. The summed E-state index contributed by atoms with van der Waals surface area (Å²) in [6, 6.07) is 19.4. The number of imide groups is 1. The van der Waals surface area contributed by atoms with E-state index >= 15 is 0 Å². The van der Waals surface area contributed by atoms with Crippen LogP contribution >= 0.6 is 0 Å². The number of ether oxygens (including phenoxy) is 1. The summed E-state index contributed by atoms with van der Waals surface area (Å²) in [5.41, 5.74) is 2.33. The van der Waals surface area contributed by atoms with E-state index in [1.165, 1.54) is 0 Å². The number of rotatable bonds is 2. The van der Waals surface area contributed by atoms with Crippen molar-refractivity contribution >= 4 is 29.1 Å². The number of anilines is 1. The average molecular weight is 466 g/mol. The summed E-state index contributed by atoms with van der Waals surface area (Å²) in [6.07, 6.45) is -0.907. The molecule has 0 saturated carbocycles. The number of fused-ring (bicyclic) bond motifs is 3. The highest BCUT2D eigenvalue weighted by Crippen LogP contribution is 2.57. The van der Waals surface area contributed by atoms with Gasteiger partial charge in [0.15, 0.2) is 0 Å². The van der Waals surface area contributed by atoms with Crippen molar-refractivity contribution in [2.75, 3.05) is 4.90 Å². The van der Waals surface area contributed by atoms with E-state index in [4.69, 9.17) is 4.74 Å². The molecule has 0 radical (unpaired) electrons. The van der Waals surface area contributed by atoms with Crippen LogP contribution in [0.4, 0.5) is 5.69 Å². The van der Waals surface area contributed by atoms with Crippen molar-refractivity contribution < 1.29 is 23.9 Å². The van der Waals surface area contributed by atoms with Gasteiger partial charge in [-0.05, 0) is 49.6 Å². The van der Waals surface area contributed by atoms with Crippen LogP contribution in [-0.2, 0) is 14.3 Å². The van der Waals surface area contributed by atoms with Gasteiger partial charge in [0.05, 0.1) is 23.6 Å². The first-order valence-electron chi connectivity index (χ1n) is 11.6. The molecule has 1 spiro atoms. The molecule has 6 rings (SSSR count). The van der Waals surface area contributed by atoms with Crippen LogP contribution in [0.3, 0.4) is 0 Å². The van der Waals surface area contributed by atoms with Gasteiger partial charge in [0, 0.05) is 11.1 Å². The van der Waals surface area contributed by atoms with Gasteiger partial charge in [0.1, 0.15) is 0 Å². The first-order valence-corrected chi connectivity index (χ1v) is 11.6. The largest absolute Gasteiger partial charge is 0.349 e. The number of amides is 2. The summed E-state index contributed by atoms with van der Waals surface area (Å²) in [5.74, 6) is -4.36. The third-order valence-electron chi connectivity index (χ3n) is 7.39. The SMILES string of the molecule is Cc1ccc([C@H]2OC3(C(=O)c4ccccc4C3=O)[C@H]3C(=O)N(c4cc(C)cc(C)c4)C(=O)[C@@H]23)cc1. The van der Waals surface area contributed by atoms with E-state index in [0.29, 0.717) is 11.3 Å². The lowest BCUT2D eigenvalue weighted by Gasteiger charge is -2.27. The van der Waals surface area contributed by atoms with Crippen molar-refractivity contribution in [3.8, 4) is 0 Å². The van der Waals surface area contributed by atoms with Crippen LogP contribution in [0.1, 0.15) is 49.1 Å². The summed E-state index contributed by atoms with van der Waals surface area (Å²) in [6.45, 7) is 5.72. The minimum atomic E-state index is -2.05. The lowest BCUT2D eigenvalue weighted by atomic mass is 9.77. The number of hydrogen-bond acceptors (Lipinski definition) is 5. The number of benzene rings is 3. The van der Waals surface area contributed by atoms with Gasteiger partial charge in [0.2, 0.25) is 29.0 Å². The van der Waals surface area contributed by atoms with E-state index in [9.17, 15) is 19.2 Å². The van der Waals surface area contributed by atoms with E-state index in [1.54, 1.807) is 36.4 Å². The van der Waals surface area contributed by atoms with Crippen molar-refractivity contribution in [2.45, 2.75) is 32.5 Å². The highest BCUT2D eigenvalue weighted by atomic mass is 16.5. The van der Waals surface area contributed by atoms with E-state index in [1.807, 2.05) is 51.1 Å². The van der Waals surface area contributed by atoms with E-state index in [0.717, 1.165) is 21.6 Å². The maximum Gasteiger partial charge on any atom is 0.241 e. The van der Waals surface area contributed by atoms with Crippen LogP contribution in [0.25, 0.3) is 0 Å². The normalized spacial score (nSPS) is 24.4. The highest BCUT2D eigenvalue weighted by Gasteiger charge is 2.74. The average Bonchev–Trinajstić information content (AvgIpc) is 3.39. The first kappa shape index (κ1) is 21.6. The van der Waals surface area contributed by atoms with Gasteiger partial charge in [-0.3, -0.25) is 19.2 Å². The Hall–Kier alpha value is -3.90. The maximum atomic E-state index is 14.0. The molecular formula is C29H23NO5. The molecule has 2 fully saturated rings. The molecule has 3 aromatic carbocycles. The van der Waals surface area contributed by atoms with Crippen LogP contribution in [-0.4, -0.2) is 29.0 Å². The third-order valence-corrected chi connectivity index (χ3v) is 7.39. The molecule has 1 aliphatic carbocycles. The topological polar surface area (TPSA) is 80.8 Å². The van der Waals surface area contributed by atoms with Gasteiger partial charge >= 0.3 is 0 Å². The molecule has 0 aromatic heterocycles. The van der Waals surface area contributed by atoms with Crippen LogP contribution in [0, 0.1) is 32.6 Å². The second kappa shape index (κ2) is 7.30. The molecule has 3 aliphatic rings. The van der Waals surface area contributed by atoms with E-state index in [2.05, 4.69) is 0 Å². The van der Waals surface area contributed by atoms with Crippen molar-refractivity contribution in [3.63, 3.8) is 0 Å². The summed E-state index contributed by atoms with van der Waals surface area (Å²) in [5, 5.41) is 0. The van der Waals surface area contributed by atoms with Gasteiger partial charge in [0.25, 0.3) is 0 Å². The van der Waals surface area contributed by atoms with Crippen LogP contribution < -0.4 is 4.90 Å². The Bertz CT molecular complexity index is 1400. The number of ketones is 2. The second-order valence-electron chi connectivity index (χ2n) is 9.75. The molecular weight excluding hydrogens is 442 g/mol. The van der Waals surface area contributed by atoms with Crippen LogP contribution in [0.5, 0.6) is 0 Å². The molecule has 3 atom stereocenters. The monoisotopic (exact) mass is 465 g/mol. The maximum absolute atomic E-state index is 14.0. The first-order chi connectivity index (χ1) is 16.7. The van der Waals surface area contributed by atoms with Gasteiger partial charge in [-0.1, -0.05) is 60.2 Å². The molecule has 174 valence electrons. The Balaban J connectivity index is 1.55. The quantitative estimate of drug-likeness (QED) is 0.416. The predicted molar refractivity (Wildman–Crippen MR) is 128 cm³/mol. The van der Waals surface area contributed by atoms with Gasteiger partial charge in [-0.25, -0.2) is 4.90 Å². The molecule has 2 saturated heterocycles. The fraction of sp³-hybridized carbons (Fsp3) is 0.241. The standard InChI is InChI=1S/C29H23NO5/c1-15-8-10-18(11-9-15)24-22-23(28(34)30(27(22)33)19-13-16(2)12-17(3)14-19)29(35-24)25(31)20-6-4-5-7-21(20)26(29)32/h4-14,22-24H,1-3H3/t22-,23-,24-/m1/s1. The predicted octanol–water partition coefficient (Wildman–Crippen LogP) is 4.31. The number of carbonyl (C=O) groups excluding carboxylic acids is 4. The Morgan fingerprint density at radius 3 is 1.86 bits per heavy atom. The Morgan fingerprint density at radius 2 is 1.29 bits per heavy atom.